The molecule has 0 radical (unpaired) electrons. The van der Waals surface area contributed by atoms with E-state index in [1.807, 2.05) is 30.3 Å². The molecule has 0 aliphatic heterocycles. The fourth-order valence-corrected chi connectivity index (χ4v) is 3.34. The Kier molecular flexibility index (Phi) is 5.71. The molecule has 2 N–H and O–H groups in total. The quantitative estimate of drug-likeness (QED) is 0.789. The minimum absolute atomic E-state index is 0.129. The number of rotatable bonds is 6. The average Bonchev–Trinajstić information content (AvgIpc) is 2.45. The third-order valence-corrected chi connectivity index (χ3v) is 4.54. The van der Waals surface area contributed by atoms with E-state index in [1.54, 1.807) is 0 Å². The summed E-state index contributed by atoms with van der Waals surface area (Å²) in [6.45, 7) is 0.562. The fourth-order valence-electron chi connectivity index (χ4n) is 2.67. The van der Waals surface area contributed by atoms with Gasteiger partial charge in [-0.15, -0.1) is 0 Å². The smallest absolute Gasteiger partial charge is 0.332 e. The number of carbonyl (C=O) groups excluding carboxylic acids is 1. The van der Waals surface area contributed by atoms with Crippen LogP contribution in [0.4, 0.5) is 0 Å². The van der Waals surface area contributed by atoms with Crippen molar-refractivity contribution in [2.75, 3.05) is 6.16 Å². The Morgan fingerprint density at radius 3 is 2.33 bits per heavy atom. The topological polar surface area (TPSA) is 83.8 Å². The minimum atomic E-state index is -4.24. The van der Waals surface area contributed by atoms with Crippen LogP contribution in [-0.2, 0) is 20.7 Å². The van der Waals surface area contributed by atoms with Crippen molar-refractivity contribution in [3.8, 4) is 0 Å². The number of hydrogen-bond donors (Lipinski definition) is 2. The first-order valence-corrected chi connectivity index (χ1v) is 8.96. The van der Waals surface area contributed by atoms with E-state index in [4.69, 9.17) is 14.5 Å². The molecular formula is C15H21O5P. The van der Waals surface area contributed by atoms with Crippen molar-refractivity contribution < 1.29 is 23.9 Å². The van der Waals surface area contributed by atoms with Crippen LogP contribution >= 0.6 is 7.60 Å². The Bertz CT molecular complexity index is 502. The number of Topliss-reactive ketones (excluding diaryl/α,β-unsaturated/α-hetero) is 1. The monoisotopic (exact) mass is 312 g/mol. The summed E-state index contributed by atoms with van der Waals surface area (Å²) < 4.78 is 16.7. The van der Waals surface area contributed by atoms with Gasteiger partial charge in [0.05, 0.1) is 12.7 Å². The molecule has 1 aliphatic carbocycles. The standard InChI is InChI=1S/C15H21O5P/c16-15(11-21(17,18)19)13-6-8-14(9-7-13)20-10-12-4-2-1-3-5-12/h1-5,13-14H,6-11H2,(H2,17,18,19)/t13-,14-. The summed E-state index contributed by atoms with van der Waals surface area (Å²) >= 11 is 0. The zero-order valence-corrected chi connectivity index (χ0v) is 12.7. The molecule has 21 heavy (non-hydrogen) atoms. The van der Waals surface area contributed by atoms with Gasteiger partial charge in [-0.3, -0.25) is 9.36 Å². The van der Waals surface area contributed by atoms with Gasteiger partial charge >= 0.3 is 7.60 Å². The highest BCUT2D eigenvalue weighted by molar-refractivity contribution is 7.52. The molecule has 0 aromatic heterocycles. The Balaban J connectivity index is 1.73. The molecule has 1 aliphatic rings. The lowest BCUT2D eigenvalue weighted by Gasteiger charge is -2.27. The van der Waals surface area contributed by atoms with Crippen LogP contribution in [0.15, 0.2) is 30.3 Å². The summed E-state index contributed by atoms with van der Waals surface area (Å²) in [5, 5.41) is 0. The Morgan fingerprint density at radius 2 is 1.76 bits per heavy atom. The zero-order chi connectivity index (χ0) is 15.3. The van der Waals surface area contributed by atoms with Crippen molar-refractivity contribution in [2.45, 2.75) is 38.4 Å². The molecule has 116 valence electrons. The summed E-state index contributed by atoms with van der Waals surface area (Å²) in [6.07, 6.45) is 2.34. The number of carbonyl (C=O) groups is 1. The van der Waals surface area contributed by atoms with Gasteiger partial charge < -0.3 is 14.5 Å². The van der Waals surface area contributed by atoms with Gasteiger partial charge in [0.2, 0.25) is 0 Å². The fraction of sp³-hybridized carbons (Fsp3) is 0.533. The van der Waals surface area contributed by atoms with Gasteiger partial charge in [0.15, 0.2) is 0 Å². The van der Waals surface area contributed by atoms with E-state index in [0.717, 1.165) is 18.4 Å². The normalized spacial score (nSPS) is 23.0. The summed E-state index contributed by atoms with van der Waals surface area (Å²) in [6, 6.07) is 9.92. The molecule has 0 unspecified atom stereocenters. The van der Waals surface area contributed by atoms with Crippen LogP contribution in [-0.4, -0.2) is 27.8 Å². The summed E-state index contributed by atoms with van der Waals surface area (Å²) in [4.78, 5) is 29.5. The molecule has 0 atom stereocenters. The lowest BCUT2D eigenvalue weighted by Crippen LogP contribution is -2.27. The lowest BCUT2D eigenvalue weighted by atomic mass is 9.85. The van der Waals surface area contributed by atoms with Crippen molar-refractivity contribution in [2.24, 2.45) is 5.92 Å². The minimum Gasteiger partial charge on any atom is -0.374 e. The van der Waals surface area contributed by atoms with E-state index in [9.17, 15) is 9.36 Å². The molecule has 0 saturated heterocycles. The van der Waals surface area contributed by atoms with Crippen LogP contribution in [0.5, 0.6) is 0 Å². The second-order valence-corrected chi connectivity index (χ2v) is 7.20. The van der Waals surface area contributed by atoms with Crippen molar-refractivity contribution in [1.82, 2.24) is 0 Å². The second-order valence-electron chi connectivity index (χ2n) is 5.56. The third-order valence-electron chi connectivity index (χ3n) is 3.82. The summed E-state index contributed by atoms with van der Waals surface area (Å²) in [5.41, 5.74) is 1.12. The number of benzene rings is 1. The third kappa shape index (κ3) is 5.71. The molecule has 6 heteroatoms. The molecule has 1 fully saturated rings. The predicted molar refractivity (Wildman–Crippen MR) is 78.9 cm³/mol. The van der Waals surface area contributed by atoms with Crippen LogP contribution in [0.3, 0.4) is 0 Å². The molecule has 2 rings (SSSR count). The zero-order valence-electron chi connectivity index (χ0n) is 11.9. The van der Waals surface area contributed by atoms with Crippen LogP contribution in [0.25, 0.3) is 0 Å². The van der Waals surface area contributed by atoms with Crippen molar-refractivity contribution in [3.63, 3.8) is 0 Å². The van der Waals surface area contributed by atoms with Gasteiger partial charge in [0.25, 0.3) is 0 Å². The largest absolute Gasteiger partial charge is 0.374 e. The highest BCUT2D eigenvalue weighted by atomic mass is 31.2. The van der Waals surface area contributed by atoms with E-state index in [-0.39, 0.29) is 17.8 Å². The SMILES string of the molecule is O=C(CP(=O)(O)O)[C@H]1CC[C@H](OCc2ccccc2)CC1. The highest BCUT2D eigenvalue weighted by Crippen LogP contribution is 2.37. The van der Waals surface area contributed by atoms with Crippen LogP contribution in [0.1, 0.15) is 31.2 Å². The highest BCUT2D eigenvalue weighted by Gasteiger charge is 2.30. The Morgan fingerprint density at radius 1 is 1.14 bits per heavy atom. The van der Waals surface area contributed by atoms with Gasteiger partial charge in [-0.25, -0.2) is 0 Å². The van der Waals surface area contributed by atoms with E-state index in [2.05, 4.69) is 0 Å². The maximum Gasteiger partial charge on any atom is 0.332 e. The van der Waals surface area contributed by atoms with Crippen LogP contribution in [0, 0.1) is 5.92 Å². The molecule has 0 amide bonds. The molecular weight excluding hydrogens is 291 g/mol. The van der Waals surface area contributed by atoms with Crippen molar-refractivity contribution in [1.29, 1.82) is 0 Å². The molecule has 5 nitrogen and oxygen atoms in total. The predicted octanol–water partition coefficient (Wildman–Crippen LogP) is 2.51. The van der Waals surface area contributed by atoms with E-state index >= 15 is 0 Å². The van der Waals surface area contributed by atoms with Gasteiger partial charge in [-0.1, -0.05) is 30.3 Å². The molecule has 1 aromatic carbocycles. The van der Waals surface area contributed by atoms with Crippen LogP contribution in [0.2, 0.25) is 0 Å². The maximum atomic E-state index is 11.8. The molecule has 0 bridgehead atoms. The number of hydrogen-bond acceptors (Lipinski definition) is 3. The molecule has 0 spiro atoms. The van der Waals surface area contributed by atoms with E-state index in [1.165, 1.54) is 0 Å². The van der Waals surface area contributed by atoms with E-state index in [0.29, 0.717) is 19.4 Å². The van der Waals surface area contributed by atoms with Gasteiger partial charge in [0, 0.05) is 5.92 Å². The van der Waals surface area contributed by atoms with Crippen LogP contribution < -0.4 is 0 Å². The first-order valence-electron chi connectivity index (χ1n) is 7.17. The molecule has 1 saturated carbocycles. The van der Waals surface area contributed by atoms with Crippen molar-refractivity contribution in [3.05, 3.63) is 35.9 Å². The average molecular weight is 312 g/mol. The number of ether oxygens (including phenoxy) is 1. The van der Waals surface area contributed by atoms with Crippen molar-refractivity contribution >= 4 is 13.4 Å². The Hall–Kier alpha value is -1.00. The molecule has 0 heterocycles. The summed E-state index contributed by atoms with van der Waals surface area (Å²) in [5.74, 6) is -0.543. The first-order chi connectivity index (χ1) is 9.94. The molecule has 1 aromatic rings. The van der Waals surface area contributed by atoms with Gasteiger partial charge in [-0.2, -0.15) is 0 Å². The maximum absolute atomic E-state index is 11.8. The first kappa shape index (κ1) is 16.4. The van der Waals surface area contributed by atoms with E-state index < -0.39 is 13.8 Å². The van der Waals surface area contributed by atoms with Gasteiger partial charge in [0.1, 0.15) is 11.9 Å². The number of ketones is 1. The van der Waals surface area contributed by atoms with Gasteiger partial charge in [-0.05, 0) is 31.2 Å². The lowest BCUT2D eigenvalue weighted by molar-refractivity contribution is -0.122. The Labute approximate surface area is 124 Å². The second kappa shape index (κ2) is 7.32. The summed E-state index contributed by atoms with van der Waals surface area (Å²) in [7, 11) is -4.24.